The van der Waals surface area contributed by atoms with E-state index in [2.05, 4.69) is 10.6 Å². The Labute approximate surface area is 175 Å². The van der Waals surface area contributed by atoms with Crippen LogP contribution in [0.2, 0.25) is 0 Å². The molecule has 1 saturated heterocycles. The van der Waals surface area contributed by atoms with Gasteiger partial charge in [-0.25, -0.2) is 4.79 Å². The Morgan fingerprint density at radius 1 is 1.07 bits per heavy atom. The second kappa shape index (κ2) is 8.86. The zero-order chi connectivity index (χ0) is 21.7. The van der Waals surface area contributed by atoms with Crippen LogP contribution >= 0.6 is 0 Å². The summed E-state index contributed by atoms with van der Waals surface area (Å²) in [7, 11) is 3.01. The predicted octanol–water partition coefficient (Wildman–Crippen LogP) is 2.59. The van der Waals surface area contributed by atoms with Crippen molar-refractivity contribution in [3.05, 3.63) is 54.1 Å². The maximum Gasteiger partial charge on any atom is 0.325 e. The van der Waals surface area contributed by atoms with E-state index in [0.29, 0.717) is 30.0 Å². The highest BCUT2D eigenvalue weighted by Gasteiger charge is 2.47. The number of hydrogen-bond donors (Lipinski definition) is 2. The summed E-state index contributed by atoms with van der Waals surface area (Å²) in [5, 5.41) is 5.40. The second-order valence-electron chi connectivity index (χ2n) is 7.26. The van der Waals surface area contributed by atoms with E-state index in [1.165, 1.54) is 14.2 Å². The van der Waals surface area contributed by atoms with Crippen molar-refractivity contribution in [2.75, 3.05) is 26.1 Å². The smallest absolute Gasteiger partial charge is 0.325 e. The van der Waals surface area contributed by atoms with Crippen LogP contribution in [-0.4, -0.2) is 49.0 Å². The van der Waals surface area contributed by atoms with Gasteiger partial charge < -0.3 is 20.1 Å². The molecule has 1 heterocycles. The third-order valence-corrected chi connectivity index (χ3v) is 5.07. The minimum atomic E-state index is -1.05. The largest absolute Gasteiger partial charge is 0.493 e. The lowest BCUT2D eigenvalue weighted by Gasteiger charge is -2.21. The summed E-state index contributed by atoms with van der Waals surface area (Å²) in [5.41, 5.74) is 0.498. The second-order valence-corrected chi connectivity index (χ2v) is 7.26. The quantitative estimate of drug-likeness (QED) is 0.651. The number of methoxy groups -OCH3 is 2. The lowest BCUT2D eigenvalue weighted by molar-refractivity contribution is -0.133. The molecule has 0 aromatic heterocycles. The number of rotatable bonds is 8. The van der Waals surface area contributed by atoms with Gasteiger partial charge in [-0.3, -0.25) is 14.5 Å². The molecule has 1 atom stereocenters. The van der Waals surface area contributed by atoms with Crippen LogP contribution in [0.15, 0.2) is 48.5 Å². The maximum atomic E-state index is 12.9. The number of hydrogen-bond acceptors (Lipinski definition) is 5. The van der Waals surface area contributed by atoms with E-state index in [1.807, 2.05) is 30.3 Å². The lowest BCUT2D eigenvalue weighted by atomic mass is 9.93. The Morgan fingerprint density at radius 2 is 1.77 bits per heavy atom. The van der Waals surface area contributed by atoms with Gasteiger partial charge in [0.25, 0.3) is 5.91 Å². The van der Waals surface area contributed by atoms with Crippen LogP contribution in [0.25, 0.3) is 0 Å². The number of benzene rings is 2. The van der Waals surface area contributed by atoms with Gasteiger partial charge in [0, 0.05) is 11.8 Å². The molecule has 158 valence electrons. The molecule has 30 heavy (non-hydrogen) atoms. The Morgan fingerprint density at radius 3 is 2.43 bits per heavy atom. The Kier molecular flexibility index (Phi) is 6.25. The number of amides is 4. The summed E-state index contributed by atoms with van der Waals surface area (Å²) < 4.78 is 10.4. The molecular formula is C22H25N3O5. The maximum absolute atomic E-state index is 12.9. The van der Waals surface area contributed by atoms with Crippen LogP contribution in [0, 0.1) is 0 Å². The van der Waals surface area contributed by atoms with Crippen molar-refractivity contribution >= 4 is 23.5 Å². The Hall–Kier alpha value is -3.55. The van der Waals surface area contributed by atoms with E-state index in [4.69, 9.17) is 9.47 Å². The van der Waals surface area contributed by atoms with E-state index < -0.39 is 23.4 Å². The Balaban J connectivity index is 1.62. The molecule has 1 unspecified atom stereocenters. The highest BCUT2D eigenvalue weighted by molar-refractivity contribution is 6.09. The molecule has 0 aliphatic carbocycles. The predicted molar refractivity (Wildman–Crippen MR) is 112 cm³/mol. The molecule has 0 saturated carbocycles. The van der Waals surface area contributed by atoms with Crippen molar-refractivity contribution in [1.82, 2.24) is 10.2 Å². The molecule has 0 bridgehead atoms. The SMILES string of the molecule is COc1ccc(NC(=O)CN2C(=O)NC(C)(CCc3ccccc3)C2=O)cc1OC. The van der Waals surface area contributed by atoms with E-state index in [-0.39, 0.29) is 6.54 Å². The number of urea groups is 1. The molecular weight excluding hydrogens is 386 g/mol. The van der Waals surface area contributed by atoms with Gasteiger partial charge in [0.2, 0.25) is 5.91 Å². The van der Waals surface area contributed by atoms with Gasteiger partial charge in [-0.2, -0.15) is 0 Å². The third-order valence-electron chi connectivity index (χ3n) is 5.07. The summed E-state index contributed by atoms with van der Waals surface area (Å²) in [6.45, 7) is 1.31. The van der Waals surface area contributed by atoms with E-state index in [0.717, 1.165) is 10.5 Å². The van der Waals surface area contributed by atoms with Gasteiger partial charge in [-0.15, -0.1) is 0 Å². The molecule has 8 heteroatoms. The molecule has 0 spiro atoms. The standard InChI is InChI=1S/C22H25N3O5/c1-22(12-11-15-7-5-4-6-8-15)20(27)25(21(28)24-22)14-19(26)23-16-9-10-17(29-2)18(13-16)30-3/h4-10,13H,11-12,14H2,1-3H3,(H,23,26)(H,24,28). The van der Waals surface area contributed by atoms with Gasteiger partial charge >= 0.3 is 6.03 Å². The molecule has 0 radical (unpaired) electrons. The fraction of sp³-hybridized carbons (Fsp3) is 0.318. The van der Waals surface area contributed by atoms with Crippen LogP contribution in [0.5, 0.6) is 11.5 Å². The van der Waals surface area contributed by atoms with Crippen molar-refractivity contribution in [1.29, 1.82) is 0 Å². The summed E-state index contributed by atoms with van der Waals surface area (Å²) in [4.78, 5) is 38.6. The number of aryl methyl sites for hydroxylation is 1. The van der Waals surface area contributed by atoms with Crippen molar-refractivity contribution < 1.29 is 23.9 Å². The molecule has 3 rings (SSSR count). The molecule has 8 nitrogen and oxygen atoms in total. The molecule has 1 aliphatic rings. The van der Waals surface area contributed by atoms with E-state index in [1.54, 1.807) is 25.1 Å². The number of carbonyl (C=O) groups is 3. The molecule has 1 aliphatic heterocycles. The normalized spacial score (nSPS) is 18.2. The van der Waals surface area contributed by atoms with Crippen molar-refractivity contribution in [3.63, 3.8) is 0 Å². The van der Waals surface area contributed by atoms with E-state index in [9.17, 15) is 14.4 Å². The minimum absolute atomic E-state index is 0.375. The average Bonchev–Trinajstić information content (AvgIpc) is 2.96. The lowest BCUT2D eigenvalue weighted by Crippen LogP contribution is -2.45. The topological polar surface area (TPSA) is 97.0 Å². The molecule has 2 aromatic carbocycles. The first-order valence-corrected chi connectivity index (χ1v) is 9.56. The number of carbonyl (C=O) groups excluding carboxylic acids is 3. The van der Waals surface area contributed by atoms with Crippen LogP contribution in [0.3, 0.4) is 0 Å². The molecule has 4 amide bonds. The first kappa shape index (κ1) is 21.2. The van der Waals surface area contributed by atoms with Gasteiger partial charge in [0.1, 0.15) is 12.1 Å². The first-order valence-electron chi connectivity index (χ1n) is 9.56. The van der Waals surface area contributed by atoms with Gasteiger partial charge in [0.15, 0.2) is 11.5 Å². The number of imide groups is 1. The van der Waals surface area contributed by atoms with Crippen LogP contribution in [-0.2, 0) is 16.0 Å². The molecule has 1 fully saturated rings. The fourth-order valence-electron chi connectivity index (χ4n) is 3.36. The van der Waals surface area contributed by atoms with Crippen LogP contribution in [0.1, 0.15) is 18.9 Å². The van der Waals surface area contributed by atoms with Crippen molar-refractivity contribution in [2.45, 2.75) is 25.3 Å². The first-order chi connectivity index (χ1) is 14.4. The fourth-order valence-corrected chi connectivity index (χ4v) is 3.36. The monoisotopic (exact) mass is 411 g/mol. The van der Waals surface area contributed by atoms with Gasteiger partial charge in [0.05, 0.1) is 14.2 Å². The van der Waals surface area contributed by atoms with Crippen LogP contribution in [0.4, 0.5) is 10.5 Å². The summed E-state index contributed by atoms with van der Waals surface area (Å²) >= 11 is 0. The molecule has 2 N–H and O–H groups in total. The summed E-state index contributed by atoms with van der Waals surface area (Å²) in [6.07, 6.45) is 1.07. The van der Waals surface area contributed by atoms with Gasteiger partial charge in [-0.05, 0) is 37.5 Å². The van der Waals surface area contributed by atoms with Crippen LogP contribution < -0.4 is 20.1 Å². The molecule has 2 aromatic rings. The summed E-state index contributed by atoms with van der Waals surface area (Å²) in [6, 6.07) is 14.1. The highest BCUT2D eigenvalue weighted by Crippen LogP contribution is 2.30. The zero-order valence-electron chi connectivity index (χ0n) is 17.2. The number of ether oxygens (including phenoxy) is 2. The number of nitrogens with zero attached hydrogens (tertiary/aromatic N) is 1. The average molecular weight is 411 g/mol. The minimum Gasteiger partial charge on any atom is -0.493 e. The summed E-state index contributed by atoms with van der Waals surface area (Å²) in [5.74, 6) is 0.0847. The van der Waals surface area contributed by atoms with Crippen molar-refractivity contribution in [2.24, 2.45) is 0 Å². The highest BCUT2D eigenvalue weighted by atomic mass is 16.5. The number of anilines is 1. The Bertz CT molecular complexity index is 947. The zero-order valence-corrected chi connectivity index (χ0v) is 17.2. The number of nitrogens with one attached hydrogen (secondary N) is 2. The van der Waals surface area contributed by atoms with Crippen molar-refractivity contribution in [3.8, 4) is 11.5 Å². The van der Waals surface area contributed by atoms with Gasteiger partial charge in [-0.1, -0.05) is 30.3 Å². The van der Waals surface area contributed by atoms with E-state index >= 15 is 0 Å². The third kappa shape index (κ3) is 4.53.